The molecule has 1 fully saturated rings. The van der Waals surface area contributed by atoms with Gasteiger partial charge in [-0.3, -0.25) is 0 Å². The molecule has 1 saturated carbocycles. The molecule has 1 aromatic carbocycles. The van der Waals surface area contributed by atoms with Gasteiger partial charge in [0.2, 0.25) is 0 Å². The first-order valence-corrected chi connectivity index (χ1v) is 8.32. The zero-order valence-electron chi connectivity index (χ0n) is 11.6. The molecule has 0 spiro atoms. The van der Waals surface area contributed by atoms with Crippen LogP contribution in [0.25, 0.3) is 0 Å². The van der Waals surface area contributed by atoms with E-state index in [4.69, 9.17) is 16.3 Å². The summed E-state index contributed by atoms with van der Waals surface area (Å²) in [7, 11) is 0. The van der Waals surface area contributed by atoms with Crippen LogP contribution in [0.2, 0.25) is 5.02 Å². The number of nitrogens with zero attached hydrogens (tertiary/aromatic N) is 1. The van der Waals surface area contributed by atoms with E-state index in [0.717, 1.165) is 29.5 Å². The Kier molecular flexibility index (Phi) is 5.74. The van der Waals surface area contributed by atoms with Crippen LogP contribution in [0.15, 0.2) is 22.7 Å². The van der Waals surface area contributed by atoms with Crippen LogP contribution >= 0.6 is 27.5 Å². The number of benzene rings is 1. The fourth-order valence-electron chi connectivity index (χ4n) is 2.89. The Labute approximate surface area is 134 Å². The van der Waals surface area contributed by atoms with Crippen LogP contribution in [0.3, 0.4) is 0 Å². The average Bonchev–Trinajstić information content (AvgIpc) is 2.43. The second-order valence-electron chi connectivity index (χ2n) is 5.43. The zero-order chi connectivity index (χ0) is 14.5. The van der Waals surface area contributed by atoms with E-state index in [2.05, 4.69) is 28.9 Å². The van der Waals surface area contributed by atoms with Crippen molar-refractivity contribution < 1.29 is 4.74 Å². The van der Waals surface area contributed by atoms with Gasteiger partial charge in [0.15, 0.2) is 0 Å². The Morgan fingerprint density at radius 3 is 2.90 bits per heavy atom. The normalized spacial score (nSPS) is 26.0. The molecule has 0 bridgehead atoms. The van der Waals surface area contributed by atoms with Crippen molar-refractivity contribution >= 4 is 27.5 Å². The predicted molar refractivity (Wildman–Crippen MR) is 84.9 cm³/mol. The average molecular weight is 357 g/mol. The molecule has 3 atom stereocenters. The first kappa shape index (κ1) is 15.7. The van der Waals surface area contributed by atoms with Crippen LogP contribution < -0.4 is 4.74 Å². The maximum Gasteiger partial charge on any atom is 0.134 e. The van der Waals surface area contributed by atoms with Crippen LogP contribution in [0.1, 0.15) is 39.0 Å². The highest BCUT2D eigenvalue weighted by Gasteiger charge is 2.32. The lowest BCUT2D eigenvalue weighted by molar-refractivity contribution is 0.0868. The maximum atomic E-state index is 9.31. The fourth-order valence-corrected chi connectivity index (χ4v) is 3.67. The molecular formula is C16H19BrClNO. The molecule has 0 N–H and O–H groups in total. The van der Waals surface area contributed by atoms with Gasteiger partial charge in [-0.1, -0.05) is 31.4 Å². The van der Waals surface area contributed by atoms with Crippen molar-refractivity contribution in [1.82, 2.24) is 0 Å². The molecule has 20 heavy (non-hydrogen) atoms. The molecule has 0 radical (unpaired) electrons. The summed E-state index contributed by atoms with van der Waals surface area (Å²) in [6.07, 6.45) is 5.47. The summed E-state index contributed by atoms with van der Waals surface area (Å²) in [5.74, 6) is 1.45. The highest BCUT2D eigenvalue weighted by molar-refractivity contribution is 9.10. The fraction of sp³-hybridized carbons (Fsp3) is 0.562. The van der Waals surface area contributed by atoms with Gasteiger partial charge in [-0.2, -0.15) is 5.26 Å². The molecular weight excluding hydrogens is 338 g/mol. The molecule has 108 valence electrons. The second kappa shape index (κ2) is 7.33. The van der Waals surface area contributed by atoms with E-state index in [1.807, 2.05) is 18.2 Å². The Morgan fingerprint density at radius 2 is 2.25 bits per heavy atom. The second-order valence-corrected chi connectivity index (χ2v) is 6.73. The highest BCUT2D eigenvalue weighted by atomic mass is 79.9. The summed E-state index contributed by atoms with van der Waals surface area (Å²) in [4.78, 5) is 0. The lowest BCUT2D eigenvalue weighted by Gasteiger charge is -2.33. The summed E-state index contributed by atoms with van der Waals surface area (Å²) in [5, 5.41) is 9.98. The lowest BCUT2D eigenvalue weighted by atomic mass is 9.78. The first-order valence-electron chi connectivity index (χ1n) is 7.15. The van der Waals surface area contributed by atoms with Crippen LogP contribution in [-0.4, -0.2) is 6.10 Å². The summed E-state index contributed by atoms with van der Waals surface area (Å²) < 4.78 is 6.94. The number of nitriles is 1. The van der Waals surface area contributed by atoms with Crippen LogP contribution in [0.5, 0.6) is 5.75 Å². The van der Waals surface area contributed by atoms with Gasteiger partial charge >= 0.3 is 0 Å². The minimum absolute atomic E-state index is 0.00863. The summed E-state index contributed by atoms with van der Waals surface area (Å²) in [5.41, 5.74) is 0. The van der Waals surface area contributed by atoms with Crippen molar-refractivity contribution in [2.75, 3.05) is 0 Å². The standard InChI is InChI=1S/C16H19BrClNO/c1-2-3-11-4-5-12(10-19)16(8-11)20-15-7-6-13(18)9-14(15)17/h6-7,9,11-12,16H,2-5,8H2,1H3. The molecule has 3 unspecified atom stereocenters. The number of rotatable bonds is 4. The van der Waals surface area contributed by atoms with Crippen molar-refractivity contribution in [2.24, 2.45) is 11.8 Å². The maximum absolute atomic E-state index is 9.31. The molecule has 1 aliphatic carbocycles. The summed E-state index contributed by atoms with van der Waals surface area (Å²) in [6.45, 7) is 2.21. The topological polar surface area (TPSA) is 33.0 Å². The minimum atomic E-state index is -0.0113. The quantitative estimate of drug-likeness (QED) is 0.704. The van der Waals surface area contributed by atoms with E-state index in [1.165, 1.54) is 12.8 Å². The van der Waals surface area contributed by atoms with Gasteiger partial charge in [0.25, 0.3) is 0 Å². The van der Waals surface area contributed by atoms with E-state index < -0.39 is 0 Å². The van der Waals surface area contributed by atoms with Crippen LogP contribution in [0, 0.1) is 23.2 Å². The smallest absolute Gasteiger partial charge is 0.134 e. The Balaban J connectivity index is 2.09. The molecule has 1 aromatic rings. The molecule has 4 heteroatoms. The molecule has 1 aliphatic rings. The van der Waals surface area contributed by atoms with Crippen molar-refractivity contribution in [3.05, 3.63) is 27.7 Å². The predicted octanol–water partition coefficient (Wildman–Crippen LogP) is 5.59. The number of hydrogen-bond donors (Lipinski definition) is 0. The Morgan fingerprint density at radius 1 is 1.45 bits per heavy atom. The van der Waals surface area contributed by atoms with Crippen molar-refractivity contribution in [3.8, 4) is 11.8 Å². The van der Waals surface area contributed by atoms with Gasteiger partial charge in [-0.25, -0.2) is 0 Å². The molecule has 0 heterocycles. The summed E-state index contributed by atoms with van der Waals surface area (Å²) >= 11 is 9.41. The molecule has 2 rings (SSSR count). The van der Waals surface area contributed by atoms with Gasteiger partial charge in [-0.05, 0) is 59.3 Å². The van der Waals surface area contributed by atoms with Gasteiger partial charge in [0, 0.05) is 5.02 Å². The molecule has 0 aliphatic heterocycles. The monoisotopic (exact) mass is 355 g/mol. The van der Waals surface area contributed by atoms with E-state index >= 15 is 0 Å². The molecule has 0 amide bonds. The minimum Gasteiger partial charge on any atom is -0.488 e. The van der Waals surface area contributed by atoms with Crippen molar-refractivity contribution in [1.29, 1.82) is 5.26 Å². The Hall–Kier alpha value is -0.720. The lowest BCUT2D eigenvalue weighted by Crippen LogP contribution is -2.33. The third kappa shape index (κ3) is 3.90. The number of halogens is 2. The Bertz CT molecular complexity index is 500. The molecule has 2 nitrogen and oxygen atoms in total. The SMILES string of the molecule is CCCC1CCC(C#N)C(Oc2ccc(Cl)cc2Br)C1. The third-order valence-electron chi connectivity index (χ3n) is 3.94. The van der Waals surface area contributed by atoms with Gasteiger partial charge in [0.1, 0.15) is 11.9 Å². The van der Waals surface area contributed by atoms with E-state index in [9.17, 15) is 5.26 Å². The van der Waals surface area contributed by atoms with Crippen LogP contribution in [0.4, 0.5) is 0 Å². The first-order chi connectivity index (χ1) is 9.63. The molecule has 0 saturated heterocycles. The van der Waals surface area contributed by atoms with Gasteiger partial charge < -0.3 is 4.74 Å². The van der Waals surface area contributed by atoms with Crippen LogP contribution in [-0.2, 0) is 0 Å². The van der Waals surface area contributed by atoms with E-state index in [1.54, 1.807) is 0 Å². The summed E-state index contributed by atoms with van der Waals surface area (Å²) in [6, 6.07) is 7.91. The largest absolute Gasteiger partial charge is 0.488 e. The van der Waals surface area contributed by atoms with Crippen molar-refractivity contribution in [2.45, 2.75) is 45.1 Å². The zero-order valence-corrected chi connectivity index (χ0v) is 14.0. The van der Waals surface area contributed by atoms with Gasteiger partial charge in [0.05, 0.1) is 16.5 Å². The van der Waals surface area contributed by atoms with E-state index in [0.29, 0.717) is 10.9 Å². The third-order valence-corrected chi connectivity index (χ3v) is 4.79. The van der Waals surface area contributed by atoms with Crippen molar-refractivity contribution in [3.63, 3.8) is 0 Å². The molecule has 0 aromatic heterocycles. The highest BCUT2D eigenvalue weighted by Crippen LogP contribution is 2.36. The van der Waals surface area contributed by atoms with Gasteiger partial charge in [-0.15, -0.1) is 0 Å². The number of hydrogen-bond acceptors (Lipinski definition) is 2. The number of ether oxygens (including phenoxy) is 1. The van der Waals surface area contributed by atoms with E-state index in [-0.39, 0.29) is 12.0 Å².